The molecule has 2 heterocycles. The van der Waals surface area contributed by atoms with Crippen molar-refractivity contribution in [1.29, 1.82) is 0 Å². The van der Waals surface area contributed by atoms with Crippen LogP contribution in [-0.4, -0.2) is 53.8 Å². The molecule has 2 amide bonds. The van der Waals surface area contributed by atoms with Crippen LogP contribution in [0.2, 0.25) is 0 Å². The maximum absolute atomic E-state index is 13.8. The molecule has 3 aromatic carbocycles. The summed E-state index contributed by atoms with van der Waals surface area (Å²) in [7, 11) is 0. The van der Waals surface area contributed by atoms with Gasteiger partial charge in [0, 0.05) is 37.8 Å². The maximum atomic E-state index is 13.8. The van der Waals surface area contributed by atoms with E-state index in [9.17, 15) is 9.59 Å². The number of nitrogens with zero attached hydrogens (tertiary/aromatic N) is 2. The van der Waals surface area contributed by atoms with Crippen LogP contribution in [0.4, 0.5) is 0 Å². The van der Waals surface area contributed by atoms with Crippen molar-refractivity contribution in [2.75, 3.05) is 26.2 Å². The highest BCUT2D eigenvalue weighted by Gasteiger charge is 2.48. The number of hydrogen-bond acceptors (Lipinski definition) is 3. The standard InChI is InChI=1S/C34H39N3O2/c1-2-20-35-33(39)34(30-16-8-6-14-28(30)29-15-7-9-17-31(29)34)19-10-3-11-21-36-22-18-26(24-36)37-23-25-12-4-5-13-27(25)32(37)38/h4-9,12-17,26H,2-3,10-11,18-24H2,1H3,(H,35,39). The Bertz CT molecular complexity index is 1320. The average Bonchev–Trinajstić information content (AvgIpc) is 3.65. The lowest BCUT2D eigenvalue weighted by Crippen LogP contribution is -2.44. The van der Waals surface area contributed by atoms with Crippen molar-refractivity contribution >= 4 is 11.8 Å². The monoisotopic (exact) mass is 521 g/mol. The molecule has 5 heteroatoms. The lowest BCUT2D eigenvalue weighted by Gasteiger charge is -2.31. The number of fused-ring (bicyclic) bond motifs is 4. The Morgan fingerprint density at radius 1 is 0.897 bits per heavy atom. The van der Waals surface area contributed by atoms with Gasteiger partial charge in [0.25, 0.3) is 5.91 Å². The van der Waals surface area contributed by atoms with E-state index in [0.29, 0.717) is 12.6 Å². The molecule has 0 saturated carbocycles. The number of hydrogen-bond donors (Lipinski definition) is 1. The van der Waals surface area contributed by atoms with Crippen molar-refractivity contribution in [1.82, 2.24) is 15.1 Å². The number of carbonyl (C=O) groups is 2. The summed E-state index contributed by atoms with van der Waals surface area (Å²) in [5.41, 5.74) is 6.11. The molecule has 0 spiro atoms. The summed E-state index contributed by atoms with van der Waals surface area (Å²) in [5, 5.41) is 3.24. The first-order chi connectivity index (χ1) is 19.1. The zero-order valence-electron chi connectivity index (χ0n) is 23.0. The molecule has 2 aliphatic heterocycles. The second-order valence-corrected chi connectivity index (χ2v) is 11.4. The summed E-state index contributed by atoms with van der Waals surface area (Å²) in [6.07, 6.45) is 5.99. The van der Waals surface area contributed by atoms with Crippen molar-refractivity contribution in [2.45, 2.75) is 63.5 Å². The van der Waals surface area contributed by atoms with Crippen LogP contribution in [0.25, 0.3) is 11.1 Å². The molecular formula is C34H39N3O2. The number of amides is 2. The predicted octanol–water partition coefficient (Wildman–Crippen LogP) is 5.77. The van der Waals surface area contributed by atoms with E-state index in [1.54, 1.807) is 0 Å². The highest BCUT2D eigenvalue weighted by Crippen LogP contribution is 2.51. The van der Waals surface area contributed by atoms with Crippen LogP contribution in [0.3, 0.4) is 0 Å². The van der Waals surface area contributed by atoms with Gasteiger partial charge in [0.15, 0.2) is 0 Å². The average molecular weight is 522 g/mol. The van der Waals surface area contributed by atoms with Gasteiger partial charge in [-0.3, -0.25) is 9.59 Å². The number of unbranched alkanes of at least 4 members (excludes halogenated alkanes) is 2. The topological polar surface area (TPSA) is 52.7 Å². The van der Waals surface area contributed by atoms with E-state index in [2.05, 4.69) is 76.6 Å². The Morgan fingerprint density at radius 2 is 1.56 bits per heavy atom. The lowest BCUT2D eigenvalue weighted by molar-refractivity contribution is -0.125. The third-order valence-electron chi connectivity index (χ3n) is 9.05. The fourth-order valence-electron chi connectivity index (χ4n) is 7.09. The van der Waals surface area contributed by atoms with Gasteiger partial charge in [-0.25, -0.2) is 0 Å². The number of nitrogens with one attached hydrogen (secondary N) is 1. The van der Waals surface area contributed by atoms with Crippen LogP contribution in [0.1, 0.15) is 72.5 Å². The Balaban J connectivity index is 1.08. The second kappa shape index (κ2) is 11.0. The predicted molar refractivity (Wildman–Crippen MR) is 156 cm³/mol. The Labute approximate surface area is 232 Å². The lowest BCUT2D eigenvalue weighted by atomic mass is 9.73. The maximum Gasteiger partial charge on any atom is 0.254 e. The fourth-order valence-corrected chi connectivity index (χ4v) is 7.09. The summed E-state index contributed by atoms with van der Waals surface area (Å²) < 4.78 is 0. The summed E-state index contributed by atoms with van der Waals surface area (Å²) >= 11 is 0. The van der Waals surface area contributed by atoms with E-state index >= 15 is 0 Å². The van der Waals surface area contributed by atoms with Crippen molar-refractivity contribution in [3.63, 3.8) is 0 Å². The minimum absolute atomic E-state index is 0.139. The molecule has 5 nitrogen and oxygen atoms in total. The molecular weight excluding hydrogens is 482 g/mol. The van der Waals surface area contributed by atoms with E-state index < -0.39 is 5.41 Å². The van der Waals surface area contributed by atoms with Crippen LogP contribution in [0.15, 0.2) is 72.8 Å². The summed E-state index contributed by atoms with van der Waals surface area (Å²) in [6, 6.07) is 25.3. The molecule has 6 rings (SSSR count). The summed E-state index contributed by atoms with van der Waals surface area (Å²) in [5.74, 6) is 0.335. The third kappa shape index (κ3) is 4.57. The smallest absolute Gasteiger partial charge is 0.254 e. The van der Waals surface area contributed by atoms with Crippen LogP contribution < -0.4 is 5.32 Å². The normalized spacial score (nSPS) is 19.2. The van der Waals surface area contributed by atoms with Gasteiger partial charge in [-0.15, -0.1) is 0 Å². The quantitative estimate of drug-likeness (QED) is 0.345. The molecule has 3 aliphatic rings. The van der Waals surface area contributed by atoms with Gasteiger partial charge in [0.1, 0.15) is 5.41 Å². The van der Waals surface area contributed by atoms with Gasteiger partial charge >= 0.3 is 0 Å². The van der Waals surface area contributed by atoms with Crippen LogP contribution >= 0.6 is 0 Å². The summed E-state index contributed by atoms with van der Waals surface area (Å²) in [6.45, 7) is 6.61. The van der Waals surface area contributed by atoms with E-state index in [0.717, 1.165) is 87.0 Å². The van der Waals surface area contributed by atoms with Gasteiger partial charge < -0.3 is 15.1 Å². The minimum Gasteiger partial charge on any atom is -0.355 e. The molecule has 1 atom stereocenters. The number of benzene rings is 3. The molecule has 0 aromatic heterocycles. The Hall–Kier alpha value is -3.44. The van der Waals surface area contributed by atoms with E-state index in [4.69, 9.17) is 0 Å². The van der Waals surface area contributed by atoms with Gasteiger partial charge in [0.2, 0.25) is 5.91 Å². The zero-order valence-corrected chi connectivity index (χ0v) is 23.0. The molecule has 0 bridgehead atoms. The molecule has 1 saturated heterocycles. The summed E-state index contributed by atoms with van der Waals surface area (Å²) in [4.78, 5) is 31.4. The zero-order chi connectivity index (χ0) is 26.8. The van der Waals surface area contributed by atoms with E-state index in [1.807, 2.05) is 18.2 Å². The number of carbonyl (C=O) groups excluding carboxylic acids is 2. The van der Waals surface area contributed by atoms with Crippen molar-refractivity contribution in [3.05, 3.63) is 95.1 Å². The second-order valence-electron chi connectivity index (χ2n) is 11.4. The molecule has 1 fully saturated rings. The molecule has 0 radical (unpaired) electrons. The van der Waals surface area contributed by atoms with Gasteiger partial charge in [-0.2, -0.15) is 0 Å². The highest BCUT2D eigenvalue weighted by molar-refractivity contribution is 6.00. The fraction of sp³-hybridized carbons (Fsp3) is 0.412. The molecule has 1 aliphatic carbocycles. The SMILES string of the molecule is CCCNC(=O)C1(CCCCCN2CCC(N3Cc4ccccc4C3=O)C2)c2ccccc2-c2ccccc21. The van der Waals surface area contributed by atoms with Crippen molar-refractivity contribution < 1.29 is 9.59 Å². The molecule has 3 aromatic rings. The van der Waals surface area contributed by atoms with E-state index in [1.165, 1.54) is 11.1 Å². The van der Waals surface area contributed by atoms with Gasteiger partial charge in [-0.1, -0.05) is 86.5 Å². The molecule has 202 valence electrons. The van der Waals surface area contributed by atoms with Crippen LogP contribution in [0, 0.1) is 0 Å². The first-order valence-corrected chi connectivity index (χ1v) is 14.7. The van der Waals surface area contributed by atoms with Gasteiger partial charge in [-0.05, 0) is 66.1 Å². The van der Waals surface area contributed by atoms with Crippen molar-refractivity contribution in [2.24, 2.45) is 0 Å². The first kappa shape index (κ1) is 25.8. The van der Waals surface area contributed by atoms with Crippen LogP contribution in [0.5, 0.6) is 0 Å². The number of likely N-dealkylation sites (tertiary alicyclic amines) is 1. The minimum atomic E-state index is -0.619. The molecule has 1 unspecified atom stereocenters. The highest BCUT2D eigenvalue weighted by atomic mass is 16.2. The molecule has 1 N–H and O–H groups in total. The van der Waals surface area contributed by atoms with Crippen molar-refractivity contribution in [3.8, 4) is 11.1 Å². The van der Waals surface area contributed by atoms with Crippen LogP contribution in [-0.2, 0) is 16.8 Å². The molecule has 39 heavy (non-hydrogen) atoms. The third-order valence-corrected chi connectivity index (χ3v) is 9.05. The van der Waals surface area contributed by atoms with Gasteiger partial charge in [0.05, 0.1) is 0 Å². The number of rotatable bonds is 10. The largest absolute Gasteiger partial charge is 0.355 e. The Morgan fingerprint density at radius 3 is 2.26 bits per heavy atom. The Kier molecular flexibility index (Phi) is 7.26. The first-order valence-electron chi connectivity index (χ1n) is 14.7. The van der Waals surface area contributed by atoms with E-state index in [-0.39, 0.29) is 11.8 Å².